The molecule has 5 nitrogen and oxygen atoms in total. The first-order valence-electron chi connectivity index (χ1n) is 8.22. The van der Waals surface area contributed by atoms with E-state index >= 15 is 0 Å². The zero-order valence-electron chi connectivity index (χ0n) is 13.0. The fraction of sp³-hybridized carbons (Fsp3) is 0.588. The van der Waals surface area contributed by atoms with E-state index < -0.39 is 0 Å². The molecule has 2 saturated heterocycles. The highest BCUT2D eigenvalue weighted by atomic mass is 16.5. The standard InChI is InChI=1S/C17H25N3O2/c21-17(13-15-14-22-12-7-18-15)20-9-4-8-19(10-11-20)16-5-2-1-3-6-16/h1-3,5-6,15,18H,4,7-14H2. The maximum Gasteiger partial charge on any atom is 0.224 e. The van der Waals surface area contributed by atoms with E-state index in [1.807, 2.05) is 11.0 Å². The number of hydrogen-bond acceptors (Lipinski definition) is 4. The van der Waals surface area contributed by atoms with Gasteiger partial charge in [-0.3, -0.25) is 4.79 Å². The van der Waals surface area contributed by atoms with E-state index in [4.69, 9.17) is 4.74 Å². The van der Waals surface area contributed by atoms with Crippen molar-refractivity contribution in [2.75, 3.05) is 50.8 Å². The van der Waals surface area contributed by atoms with Crippen LogP contribution in [0.2, 0.25) is 0 Å². The molecule has 2 fully saturated rings. The Morgan fingerprint density at radius 3 is 2.82 bits per heavy atom. The largest absolute Gasteiger partial charge is 0.378 e. The average molecular weight is 303 g/mol. The molecule has 0 bridgehead atoms. The van der Waals surface area contributed by atoms with E-state index in [2.05, 4.69) is 34.5 Å². The predicted molar refractivity (Wildman–Crippen MR) is 87.1 cm³/mol. The van der Waals surface area contributed by atoms with Gasteiger partial charge in [0.2, 0.25) is 5.91 Å². The molecule has 3 rings (SSSR count). The maximum absolute atomic E-state index is 12.5. The minimum absolute atomic E-state index is 0.176. The number of carbonyl (C=O) groups is 1. The SMILES string of the molecule is O=C(CC1COCCN1)N1CCCN(c2ccccc2)CC1. The summed E-state index contributed by atoms with van der Waals surface area (Å²) in [5.41, 5.74) is 1.25. The molecule has 2 heterocycles. The molecule has 0 spiro atoms. The summed E-state index contributed by atoms with van der Waals surface area (Å²) >= 11 is 0. The number of amides is 1. The van der Waals surface area contributed by atoms with Crippen molar-refractivity contribution in [1.29, 1.82) is 0 Å². The Morgan fingerprint density at radius 1 is 1.18 bits per heavy atom. The van der Waals surface area contributed by atoms with Gasteiger partial charge in [0.25, 0.3) is 0 Å². The molecule has 22 heavy (non-hydrogen) atoms. The van der Waals surface area contributed by atoms with Crippen LogP contribution in [0.25, 0.3) is 0 Å². The van der Waals surface area contributed by atoms with E-state index in [1.54, 1.807) is 0 Å². The normalized spacial score (nSPS) is 23.2. The quantitative estimate of drug-likeness (QED) is 0.908. The monoisotopic (exact) mass is 303 g/mol. The Balaban J connectivity index is 1.52. The van der Waals surface area contributed by atoms with Crippen molar-refractivity contribution >= 4 is 11.6 Å². The van der Waals surface area contributed by atoms with Crippen molar-refractivity contribution in [3.63, 3.8) is 0 Å². The van der Waals surface area contributed by atoms with Crippen molar-refractivity contribution in [2.24, 2.45) is 0 Å². The number of anilines is 1. The molecule has 120 valence electrons. The Labute approximate surface area is 132 Å². The summed E-state index contributed by atoms with van der Waals surface area (Å²) in [6.07, 6.45) is 1.57. The summed E-state index contributed by atoms with van der Waals surface area (Å²) in [7, 11) is 0. The average Bonchev–Trinajstić information content (AvgIpc) is 2.83. The van der Waals surface area contributed by atoms with E-state index in [1.165, 1.54) is 5.69 Å². The van der Waals surface area contributed by atoms with Crippen LogP contribution in [-0.2, 0) is 9.53 Å². The van der Waals surface area contributed by atoms with Gasteiger partial charge in [0.1, 0.15) is 0 Å². The van der Waals surface area contributed by atoms with Gasteiger partial charge in [-0.05, 0) is 18.6 Å². The van der Waals surface area contributed by atoms with Crippen LogP contribution in [0.3, 0.4) is 0 Å². The number of carbonyl (C=O) groups excluding carboxylic acids is 1. The van der Waals surface area contributed by atoms with E-state index in [-0.39, 0.29) is 11.9 Å². The number of para-hydroxylation sites is 1. The number of morpholine rings is 1. The molecule has 0 aliphatic carbocycles. The molecule has 0 saturated carbocycles. The number of rotatable bonds is 3. The first-order valence-corrected chi connectivity index (χ1v) is 8.22. The highest BCUT2D eigenvalue weighted by molar-refractivity contribution is 5.77. The van der Waals surface area contributed by atoms with Gasteiger partial charge in [0, 0.05) is 50.9 Å². The van der Waals surface area contributed by atoms with Crippen LogP contribution in [0.4, 0.5) is 5.69 Å². The van der Waals surface area contributed by atoms with Gasteiger partial charge < -0.3 is 19.9 Å². The second-order valence-electron chi connectivity index (χ2n) is 5.99. The lowest BCUT2D eigenvalue weighted by Gasteiger charge is -2.27. The van der Waals surface area contributed by atoms with Gasteiger partial charge in [0.15, 0.2) is 0 Å². The second-order valence-corrected chi connectivity index (χ2v) is 5.99. The third kappa shape index (κ3) is 3.99. The minimum Gasteiger partial charge on any atom is -0.378 e. The van der Waals surface area contributed by atoms with Gasteiger partial charge in [-0.2, -0.15) is 0 Å². The lowest BCUT2D eigenvalue weighted by Crippen LogP contribution is -2.45. The molecule has 5 heteroatoms. The lowest BCUT2D eigenvalue weighted by atomic mass is 10.1. The molecule has 0 radical (unpaired) electrons. The van der Waals surface area contributed by atoms with Crippen LogP contribution in [0.5, 0.6) is 0 Å². The van der Waals surface area contributed by atoms with Crippen molar-refractivity contribution in [2.45, 2.75) is 18.9 Å². The molecule has 2 aliphatic heterocycles. The van der Waals surface area contributed by atoms with Gasteiger partial charge in [-0.25, -0.2) is 0 Å². The lowest BCUT2D eigenvalue weighted by molar-refractivity contribution is -0.132. The summed E-state index contributed by atoms with van der Waals surface area (Å²) < 4.78 is 5.43. The fourth-order valence-corrected chi connectivity index (χ4v) is 3.15. The summed E-state index contributed by atoms with van der Waals surface area (Å²) in [6.45, 7) is 5.83. The highest BCUT2D eigenvalue weighted by Gasteiger charge is 2.23. The Morgan fingerprint density at radius 2 is 2.05 bits per heavy atom. The van der Waals surface area contributed by atoms with Crippen LogP contribution in [0.15, 0.2) is 30.3 Å². The van der Waals surface area contributed by atoms with Crippen LogP contribution in [-0.4, -0.2) is 62.8 Å². The Bertz CT molecular complexity index is 474. The third-order valence-electron chi connectivity index (χ3n) is 4.39. The molecule has 1 N–H and O–H groups in total. The van der Waals surface area contributed by atoms with Crippen molar-refractivity contribution in [1.82, 2.24) is 10.2 Å². The summed E-state index contributed by atoms with van der Waals surface area (Å²) in [6, 6.07) is 10.6. The predicted octanol–water partition coefficient (Wildman–Crippen LogP) is 1.10. The van der Waals surface area contributed by atoms with Gasteiger partial charge >= 0.3 is 0 Å². The Hall–Kier alpha value is -1.59. The maximum atomic E-state index is 12.5. The number of hydrogen-bond donors (Lipinski definition) is 1. The molecule has 2 aliphatic rings. The van der Waals surface area contributed by atoms with Gasteiger partial charge in [0.05, 0.1) is 13.2 Å². The van der Waals surface area contributed by atoms with Crippen molar-refractivity contribution in [3.8, 4) is 0 Å². The van der Waals surface area contributed by atoms with Crippen molar-refractivity contribution in [3.05, 3.63) is 30.3 Å². The molecule has 1 amide bonds. The van der Waals surface area contributed by atoms with E-state index in [0.717, 1.165) is 45.8 Å². The zero-order valence-corrected chi connectivity index (χ0v) is 13.0. The molecule has 1 aromatic carbocycles. The number of ether oxygens (including phenoxy) is 1. The van der Waals surface area contributed by atoms with Crippen LogP contribution >= 0.6 is 0 Å². The highest BCUT2D eigenvalue weighted by Crippen LogP contribution is 2.16. The molecule has 0 aromatic heterocycles. The second kappa shape index (κ2) is 7.61. The molecular weight excluding hydrogens is 278 g/mol. The molecule has 1 aromatic rings. The number of benzene rings is 1. The van der Waals surface area contributed by atoms with Gasteiger partial charge in [-0.15, -0.1) is 0 Å². The first kappa shape index (κ1) is 15.3. The third-order valence-corrected chi connectivity index (χ3v) is 4.39. The Kier molecular flexibility index (Phi) is 5.29. The van der Waals surface area contributed by atoms with Crippen LogP contribution in [0, 0.1) is 0 Å². The molecular formula is C17H25N3O2. The number of nitrogens with one attached hydrogen (secondary N) is 1. The van der Waals surface area contributed by atoms with Crippen molar-refractivity contribution < 1.29 is 9.53 Å². The summed E-state index contributed by atoms with van der Waals surface area (Å²) in [5, 5.41) is 3.36. The van der Waals surface area contributed by atoms with E-state index in [9.17, 15) is 4.79 Å². The topological polar surface area (TPSA) is 44.8 Å². The van der Waals surface area contributed by atoms with Gasteiger partial charge in [-0.1, -0.05) is 18.2 Å². The zero-order chi connectivity index (χ0) is 15.2. The van der Waals surface area contributed by atoms with Crippen LogP contribution < -0.4 is 10.2 Å². The summed E-state index contributed by atoms with van der Waals surface area (Å²) in [5.74, 6) is 0.248. The molecule has 1 atom stereocenters. The first-order chi connectivity index (χ1) is 10.8. The minimum atomic E-state index is 0.176. The number of nitrogens with zero attached hydrogens (tertiary/aromatic N) is 2. The van der Waals surface area contributed by atoms with E-state index in [0.29, 0.717) is 13.0 Å². The fourth-order valence-electron chi connectivity index (χ4n) is 3.15. The molecule has 1 unspecified atom stereocenters. The van der Waals surface area contributed by atoms with Crippen LogP contribution in [0.1, 0.15) is 12.8 Å². The smallest absolute Gasteiger partial charge is 0.224 e. The summed E-state index contributed by atoms with van der Waals surface area (Å²) in [4.78, 5) is 16.9.